The minimum absolute atomic E-state index is 0.448. The van der Waals surface area contributed by atoms with E-state index in [-0.39, 0.29) is 0 Å². The van der Waals surface area contributed by atoms with E-state index in [4.69, 9.17) is 0 Å². The van der Waals surface area contributed by atoms with Crippen molar-refractivity contribution in [2.75, 3.05) is 19.6 Å². The minimum atomic E-state index is 0.448. The highest BCUT2D eigenvalue weighted by Gasteiger charge is 2.14. The van der Waals surface area contributed by atoms with Crippen LogP contribution in [-0.2, 0) is 0 Å². The number of nitrogens with zero attached hydrogens (tertiary/aromatic N) is 1. The lowest BCUT2D eigenvalue weighted by Gasteiger charge is -2.28. The number of hydrogen-bond acceptors (Lipinski definition) is 1. The Kier molecular flexibility index (Phi) is 24.9. The highest BCUT2D eigenvalue weighted by molar-refractivity contribution is 4.99. The van der Waals surface area contributed by atoms with Gasteiger partial charge in [-0.25, -0.2) is 0 Å². The Morgan fingerprint density at radius 1 is 0.739 bits per heavy atom. The molecule has 0 heterocycles. The summed E-state index contributed by atoms with van der Waals surface area (Å²) < 4.78 is 0. The third-order valence-electron chi connectivity index (χ3n) is 2.64. The minimum Gasteiger partial charge on any atom is -0.303 e. The quantitative estimate of drug-likeness (QED) is 0.550. The summed E-state index contributed by atoms with van der Waals surface area (Å²) in [4.78, 5) is 2.55. The molecule has 0 radical (unpaired) electrons. The summed E-state index contributed by atoms with van der Waals surface area (Å²) in [5.74, 6) is 0. The SMILES string of the molecule is CC.CCC.CCCCN(CC)CC(C)(C)C.c1ccccc1. The molecule has 0 aliphatic carbocycles. The predicted octanol–water partition coefficient (Wildman–Crippen LogP) is 7.28. The van der Waals surface area contributed by atoms with Gasteiger partial charge in [-0.05, 0) is 24.9 Å². The van der Waals surface area contributed by atoms with Gasteiger partial charge in [0.15, 0.2) is 0 Å². The first-order valence-electron chi connectivity index (χ1n) is 9.63. The molecule has 0 atom stereocenters. The first kappa shape index (κ1) is 27.0. The van der Waals surface area contributed by atoms with Crippen molar-refractivity contribution >= 4 is 0 Å². The summed E-state index contributed by atoms with van der Waals surface area (Å²) in [5, 5.41) is 0. The lowest BCUT2D eigenvalue weighted by atomic mass is 9.96. The maximum atomic E-state index is 2.55. The van der Waals surface area contributed by atoms with E-state index in [0.717, 1.165) is 0 Å². The largest absolute Gasteiger partial charge is 0.303 e. The molecule has 1 aromatic rings. The fraction of sp³-hybridized carbons (Fsp3) is 0.727. The van der Waals surface area contributed by atoms with Gasteiger partial charge < -0.3 is 4.90 Å². The second-order valence-electron chi connectivity index (χ2n) is 6.64. The Balaban J connectivity index is -0.000000300. The van der Waals surface area contributed by atoms with E-state index in [9.17, 15) is 0 Å². The molecule has 0 unspecified atom stereocenters. The molecule has 1 heteroatoms. The van der Waals surface area contributed by atoms with Crippen LogP contribution in [0.1, 0.15) is 81.6 Å². The van der Waals surface area contributed by atoms with Crippen LogP contribution < -0.4 is 0 Å². The highest BCUT2D eigenvalue weighted by atomic mass is 15.1. The van der Waals surface area contributed by atoms with E-state index in [1.165, 1.54) is 38.9 Å². The zero-order valence-electron chi connectivity index (χ0n) is 17.7. The van der Waals surface area contributed by atoms with Crippen LogP contribution in [0.2, 0.25) is 0 Å². The molecular formula is C22H45N. The van der Waals surface area contributed by atoms with Crippen molar-refractivity contribution in [2.24, 2.45) is 5.41 Å². The first-order valence-corrected chi connectivity index (χ1v) is 9.63. The molecule has 0 fully saturated rings. The van der Waals surface area contributed by atoms with Gasteiger partial charge in [0, 0.05) is 6.54 Å². The zero-order chi connectivity index (χ0) is 18.6. The monoisotopic (exact) mass is 323 g/mol. The zero-order valence-corrected chi connectivity index (χ0v) is 17.7. The molecule has 0 aliphatic rings. The molecule has 1 rings (SSSR count). The van der Waals surface area contributed by atoms with E-state index < -0.39 is 0 Å². The Bertz CT molecular complexity index is 247. The maximum Gasteiger partial charge on any atom is 0.00299 e. The molecule has 23 heavy (non-hydrogen) atoms. The number of hydrogen-bond donors (Lipinski definition) is 0. The molecule has 0 spiro atoms. The molecule has 0 N–H and O–H groups in total. The van der Waals surface area contributed by atoms with Crippen LogP contribution in [0.25, 0.3) is 0 Å². The van der Waals surface area contributed by atoms with Crippen molar-refractivity contribution in [1.82, 2.24) is 4.90 Å². The van der Waals surface area contributed by atoms with Gasteiger partial charge in [0.05, 0.1) is 0 Å². The lowest BCUT2D eigenvalue weighted by Crippen LogP contribution is -2.33. The van der Waals surface area contributed by atoms with Crippen LogP contribution in [-0.4, -0.2) is 24.5 Å². The van der Waals surface area contributed by atoms with Crippen molar-refractivity contribution in [3.63, 3.8) is 0 Å². The van der Waals surface area contributed by atoms with Crippen LogP contribution in [0.3, 0.4) is 0 Å². The normalized spacial score (nSPS) is 9.65. The van der Waals surface area contributed by atoms with E-state index in [0.29, 0.717) is 5.41 Å². The van der Waals surface area contributed by atoms with Gasteiger partial charge in [-0.3, -0.25) is 0 Å². The van der Waals surface area contributed by atoms with Crippen molar-refractivity contribution in [3.05, 3.63) is 36.4 Å². The number of benzene rings is 1. The number of rotatable bonds is 5. The van der Waals surface area contributed by atoms with E-state index in [1.807, 2.05) is 50.2 Å². The summed E-state index contributed by atoms with van der Waals surface area (Å²) in [5.41, 5.74) is 0.448. The van der Waals surface area contributed by atoms with Gasteiger partial charge in [0.1, 0.15) is 0 Å². The fourth-order valence-corrected chi connectivity index (χ4v) is 1.79. The highest BCUT2D eigenvalue weighted by Crippen LogP contribution is 2.15. The lowest BCUT2D eigenvalue weighted by molar-refractivity contribution is 0.197. The van der Waals surface area contributed by atoms with Crippen LogP contribution in [0.15, 0.2) is 36.4 Å². The molecule has 0 saturated heterocycles. The van der Waals surface area contributed by atoms with Gasteiger partial charge in [-0.15, -0.1) is 0 Å². The van der Waals surface area contributed by atoms with Crippen LogP contribution >= 0.6 is 0 Å². The second kappa shape index (κ2) is 21.2. The van der Waals surface area contributed by atoms with E-state index >= 15 is 0 Å². The third-order valence-corrected chi connectivity index (χ3v) is 2.64. The van der Waals surface area contributed by atoms with Gasteiger partial charge in [0.2, 0.25) is 0 Å². The topological polar surface area (TPSA) is 3.24 Å². The van der Waals surface area contributed by atoms with Gasteiger partial charge in [0.25, 0.3) is 0 Å². The molecule has 1 nitrogen and oxygen atoms in total. The van der Waals surface area contributed by atoms with Crippen molar-refractivity contribution in [1.29, 1.82) is 0 Å². The average Bonchev–Trinajstić information content (AvgIpc) is 2.55. The van der Waals surface area contributed by atoms with Crippen molar-refractivity contribution in [2.45, 2.75) is 81.6 Å². The van der Waals surface area contributed by atoms with Crippen LogP contribution in [0.4, 0.5) is 0 Å². The van der Waals surface area contributed by atoms with Gasteiger partial charge >= 0.3 is 0 Å². The van der Waals surface area contributed by atoms with Gasteiger partial charge in [-0.1, -0.05) is 112 Å². The molecule has 1 aromatic carbocycles. The predicted molar refractivity (Wildman–Crippen MR) is 110 cm³/mol. The average molecular weight is 324 g/mol. The van der Waals surface area contributed by atoms with Crippen molar-refractivity contribution < 1.29 is 0 Å². The van der Waals surface area contributed by atoms with Gasteiger partial charge in [-0.2, -0.15) is 0 Å². The van der Waals surface area contributed by atoms with Crippen LogP contribution in [0, 0.1) is 5.41 Å². The second-order valence-corrected chi connectivity index (χ2v) is 6.64. The summed E-state index contributed by atoms with van der Waals surface area (Å²) >= 11 is 0. The Labute approximate surface area is 148 Å². The van der Waals surface area contributed by atoms with E-state index in [1.54, 1.807) is 0 Å². The summed E-state index contributed by atoms with van der Waals surface area (Å²) in [6.45, 7) is 23.4. The molecule has 138 valence electrons. The van der Waals surface area contributed by atoms with Crippen LogP contribution in [0.5, 0.6) is 0 Å². The molecule has 0 amide bonds. The summed E-state index contributed by atoms with van der Waals surface area (Å²) in [7, 11) is 0. The molecule has 0 bridgehead atoms. The van der Waals surface area contributed by atoms with E-state index in [2.05, 4.69) is 53.4 Å². The molecule has 0 saturated carbocycles. The summed E-state index contributed by atoms with van der Waals surface area (Å²) in [6.07, 6.45) is 3.89. The third kappa shape index (κ3) is 29.8. The Morgan fingerprint density at radius 3 is 1.30 bits per heavy atom. The summed E-state index contributed by atoms with van der Waals surface area (Å²) in [6, 6.07) is 12.0. The Morgan fingerprint density at radius 2 is 1.09 bits per heavy atom. The standard InChI is InChI=1S/C11H25N.C6H6.C3H8.C2H6/c1-6-8-9-12(7-2)10-11(3,4)5;1-2-4-6-5-3-1;1-3-2;1-2/h6-10H2,1-5H3;1-6H;3H2,1-2H3;1-2H3. The molecule has 0 aliphatic heterocycles. The maximum absolute atomic E-state index is 2.55. The Hall–Kier alpha value is -0.820. The molecule has 0 aromatic heterocycles. The number of unbranched alkanes of at least 4 members (excludes halogenated alkanes) is 1. The first-order chi connectivity index (χ1) is 10.9. The smallest absolute Gasteiger partial charge is 0.00299 e. The fourth-order valence-electron chi connectivity index (χ4n) is 1.79. The van der Waals surface area contributed by atoms with Crippen molar-refractivity contribution in [3.8, 4) is 0 Å². The molecular weight excluding hydrogens is 278 g/mol.